The van der Waals surface area contributed by atoms with E-state index in [4.69, 9.17) is 5.73 Å². The highest BCUT2D eigenvalue weighted by molar-refractivity contribution is 5.03. The fourth-order valence-corrected chi connectivity index (χ4v) is 8.48. The Morgan fingerprint density at radius 3 is 2.41 bits per heavy atom. The van der Waals surface area contributed by atoms with Gasteiger partial charge >= 0.3 is 0 Å². The summed E-state index contributed by atoms with van der Waals surface area (Å²) >= 11 is 0. The topological polar surface area (TPSA) is 26.0 Å². The van der Waals surface area contributed by atoms with Gasteiger partial charge in [-0.3, -0.25) is 0 Å². The molecule has 7 unspecified atom stereocenters. The SMILES string of the molecule is CCC1C2CCCC3CCCCCCC3(C)C2CCC1(C)CC(C)CCN. The van der Waals surface area contributed by atoms with Crippen LogP contribution in [-0.4, -0.2) is 6.54 Å². The summed E-state index contributed by atoms with van der Waals surface area (Å²) in [4.78, 5) is 0. The Hall–Kier alpha value is -0.0400. The first-order valence-corrected chi connectivity index (χ1v) is 12.6. The lowest BCUT2D eigenvalue weighted by Gasteiger charge is -2.56. The minimum atomic E-state index is 0.558. The zero-order valence-corrected chi connectivity index (χ0v) is 19.1. The molecule has 27 heavy (non-hydrogen) atoms. The molecule has 1 nitrogen and oxygen atoms in total. The highest BCUT2D eigenvalue weighted by Crippen LogP contribution is 2.62. The van der Waals surface area contributed by atoms with Crippen molar-refractivity contribution in [2.45, 2.75) is 118 Å². The highest BCUT2D eigenvalue weighted by Gasteiger charge is 2.53. The molecule has 0 aliphatic heterocycles. The predicted molar refractivity (Wildman–Crippen MR) is 119 cm³/mol. The van der Waals surface area contributed by atoms with Gasteiger partial charge in [0.2, 0.25) is 0 Å². The summed E-state index contributed by atoms with van der Waals surface area (Å²) in [5.41, 5.74) is 7.09. The van der Waals surface area contributed by atoms with Gasteiger partial charge in [0, 0.05) is 0 Å². The van der Waals surface area contributed by atoms with Crippen LogP contribution < -0.4 is 5.73 Å². The quantitative estimate of drug-likeness (QED) is 0.526. The molecule has 0 bridgehead atoms. The molecule has 0 radical (unpaired) electrons. The van der Waals surface area contributed by atoms with Gasteiger partial charge in [-0.1, -0.05) is 66.2 Å². The smallest absolute Gasteiger partial charge is 0.00747 e. The Bertz CT molecular complexity index is 459. The van der Waals surface area contributed by atoms with Crippen molar-refractivity contribution in [1.82, 2.24) is 0 Å². The lowest BCUT2D eigenvalue weighted by atomic mass is 9.49. The normalized spacial score (nSPS) is 44.3. The average molecular weight is 376 g/mol. The van der Waals surface area contributed by atoms with Gasteiger partial charge in [0.1, 0.15) is 0 Å². The van der Waals surface area contributed by atoms with Crippen LogP contribution in [0.15, 0.2) is 0 Å². The minimum absolute atomic E-state index is 0.558. The number of rotatable bonds is 5. The first-order chi connectivity index (χ1) is 12.9. The molecular weight excluding hydrogens is 326 g/mol. The molecule has 0 saturated heterocycles. The fourth-order valence-electron chi connectivity index (χ4n) is 8.48. The van der Waals surface area contributed by atoms with Gasteiger partial charge in [0.25, 0.3) is 0 Å². The molecular formula is C26H49N. The van der Waals surface area contributed by atoms with Crippen molar-refractivity contribution in [2.75, 3.05) is 6.54 Å². The van der Waals surface area contributed by atoms with Crippen LogP contribution >= 0.6 is 0 Å². The van der Waals surface area contributed by atoms with Crippen LogP contribution in [0, 0.1) is 40.4 Å². The van der Waals surface area contributed by atoms with Crippen molar-refractivity contribution < 1.29 is 0 Å². The molecule has 3 rings (SSSR count). The van der Waals surface area contributed by atoms with Gasteiger partial charge in [0.05, 0.1) is 0 Å². The zero-order chi connectivity index (χ0) is 19.5. The van der Waals surface area contributed by atoms with Crippen molar-refractivity contribution in [3.8, 4) is 0 Å². The maximum Gasteiger partial charge on any atom is -0.00747 e. The maximum atomic E-state index is 5.89. The second kappa shape index (κ2) is 9.19. The van der Waals surface area contributed by atoms with Crippen LogP contribution in [0.3, 0.4) is 0 Å². The van der Waals surface area contributed by atoms with E-state index >= 15 is 0 Å². The van der Waals surface area contributed by atoms with Crippen LogP contribution in [-0.2, 0) is 0 Å². The molecule has 3 saturated carbocycles. The van der Waals surface area contributed by atoms with Crippen molar-refractivity contribution in [2.24, 2.45) is 46.2 Å². The number of nitrogens with two attached hydrogens (primary N) is 1. The Balaban J connectivity index is 1.84. The van der Waals surface area contributed by atoms with E-state index < -0.39 is 0 Å². The molecule has 0 aromatic rings. The molecule has 3 fully saturated rings. The Kier molecular flexibility index (Phi) is 7.37. The van der Waals surface area contributed by atoms with Crippen molar-refractivity contribution >= 4 is 0 Å². The molecule has 0 amide bonds. The highest BCUT2D eigenvalue weighted by atomic mass is 14.6. The molecule has 0 aromatic carbocycles. The summed E-state index contributed by atoms with van der Waals surface area (Å²) in [6.07, 6.45) is 20.6. The van der Waals surface area contributed by atoms with Crippen LogP contribution in [0.5, 0.6) is 0 Å². The van der Waals surface area contributed by atoms with E-state index in [1.54, 1.807) is 0 Å². The van der Waals surface area contributed by atoms with Crippen molar-refractivity contribution in [3.63, 3.8) is 0 Å². The van der Waals surface area contributed by atoms with Gasteiger partial charge < -0.3 is 5.73 Å². The van der Waals surface area contributed by atoms with Crippen LogP contribution in [0.1, 0.15) is 118 Å². The predicted octanol–water partition coefficient (Wildman–Crippen LogP) is 7.58. The van der Waals surface area contributed by atoms with Crippen LogP contribution in [0.4, 0.5) is 0 Å². The molecule has 0 aromatic heterocycles. The summed E-state index contributed by atoms with van der Waals surface area (Å²) in [6.45, 7) is 11.2. The number of fused-ring (bicyclic) bond motifs is 3. The van der Waals surface area contributed by atoms with Crippen molar-refractivity contribution in [1.29, 1.82) is 0 Å². The lowest BCUT2D eigenvalue weighted by molar-refractivity contribution is -0.0699. The monoisotopic (exact) mass is 375 g/mol. The van der Waals surface area contributed by atoms with Gasteiger partial charge in [-0.15, -0.1) is 0 Å². The summed E-state index contributed by atoms with van der Waals surface area (Å²) in [5.74, 6) is 4.75. The van der Waals surface area contributed by atoms with E-state index in [1.165, 1.54) is 89.9 Å². The first-order valence-electron chi connectivity index (χ1n) is 12.6. The summed E-state index contributed by atoms with van der Waals surface area (Å²) < 4.78 is 0. The average Bonchev–Trinajstić information content (AvgIpc) is 2.73. The molecule has 158 valence electrons. The van der Waals surface area contributed by atoms with Gasteiger partial charge in [0.15, 0.2) is 0 Å². The second-order valence-electron chi connectivity index (χ2n) is 11.5. The standard InChI is InChI=1S/C26H49N/c1-5-23-22-13-10-12-21-11-8-6-7-9-16-26(21,4)24(22)14-17-25(23,3)19-20(2)15-18-27/h20-24H,5-19,27H2,1-4H3. The third kappa shape index (κ3) is 4.44. The molecule has 3 aliphatic carbocycles. The Morgan fingerprint density at radius 2 is 1.67 bits per heavy atom. The van der Waals surface area contributed by atoms with E-state index in [0.717, 1.165) is 36.1 Å². The van der Waals surface area contributed by atoms with Crippen LogP contribution in [0.25, 0.3) is 0 Å². The van der Waals surface area contributed by atoms with E-state index in [0.29, 0.717) is 10.8 Å². The minimum Gasteiger partial charge on any atom is -0.330 e. The molecule has 7 atom stereocenters. The van der Waals surface area contributed by atoms with Crippen molar-refractivity contribution in [3.05, 3.63) is 0 Å². The lowest BCUT2D eigenvalue weighted by Crippen LogP contribution is -2.48. The fraction of sp³-hybridized carbons (Fsp3) is 1.00. The van der Waals surface area contributed by atoms with E-state index in [-0.39, 0.29) is 0 Å². The van der Waals surface area contributed by atoms with Gasteiger partial charge in [-0.05, 0) is 98.3 Å². The van der Waals surface area contributed by atoms with E-state index in [9.17, 15) is 0 Å². The number of hydrogen-bond donors (Lipinski definition) is 1. The molecule has 3 aliphatic rings. The van der Waals surface area contributed by atoms with E-state index in [1.807, 2.05) is 0 Å². The third-order valence-corrected chi connectivity index (χ3v) is 9.76. The molecule has 2 N–H and O–H groups in total. The number of hydrogen-bond acceptors (Lipinski definition) is 1. The Labute approximate surface area is 170 Å². The summed E-state index contributed by atoms with van der Waals surface area (Å²) in [5, 5.41) is 0. The molecule has 1 heteroatoms. The molecule has 0 heterocycles. The third-order valence-electron chi connectivity index (χ3n) is 9.76. The maximum absolute atomic E-state index is 5.89. The largest absolute Gasteiger partial charge is 0.330 e. The summed E-state index contributed by atoms with van der Waals surface area (Å²) in [7, 11) is 0. The van der Waals surface area contributed by atoms with Gasteiger partial charge in [-0.25, -0.2) is 0 Å². The van der Waals surface area contributed by atoms with E-state index in [2.05, 4.69) is 27.7 Å². The zero-order valence-electron chi connectivity index (χ0n) is 19.1. The second-order valence-corrected chi connectivity index (χ2v) is 11.5. The Morgan fingerprint density at radius 1 is 0.926 bits per heavy atom. The van der Waals surface area contributed by atoms with Gasteiger partial charge in [-0.2, -0.15) is 0 Å². The van der Waals surface area contributed by atoms with Crippen LogP contribution in [0.2, 0.25) is 0 Å². The first kappa shape index (κ1) is 21.7. The summed E-state index contributed by atoms with van der Waals surface area (Å²) in [6, 6.07) is 0. The molecule has 0 spiro atoms.